The van der Waals surface area contributed by atoms with Gasteiger partial charge in [-0.3, -0.25) is 9.59 Å². The van der Waals surface area contributed by atoms with Gasteiger partial charge in [-0.1, -0.05) is 11.6 Å². The van der Waals surface area contributed by atoms with E-state index in [-0.39, 0.29) is 17.7 Å². The quantitative estimate of drug-likeness (QED) is 0.614. The summed E-state index contributed by atoms with van der Waals surface area (Å²) in [6.07, 6.45) is 0. The van der Waals surface area contributed by atoms with E-state index in [1.165, 1.54) is 13.2 Å². The van der Waals surface area contributed by atoms with Gasteiger partial charge in [0.2, 0.25) is 5.55 Å². The summed E-state index contributed by atoms with van der Waals surface area (Å²) in [4.78, 5) is 23.7. The highest BCUT2D eigenvalue weighted by atomic mass is 35.5. The van der Waals surface area contributed by atoms with Gasteiger partial charge in [-0.05, 0) is 48.5 Å². The first kappa shape index (κ1) is 19.2. The minimum absolute atomic E-state index is 0.0136. The first-order valence-electron chi connectivity index (χ1n) is 8.09. The molecule has 0 aliphatic carbocycles. The summed E-state index contributed by atoms with van der Waals surface area (Å²) in [6.45, 7) is -0.290. The van der Waals surface area contributed by atoms with Crippen LogP contribution in [0.3, 0.4) is 0 Å². The Morgan fingerprint density at radius 2 is 1.86 bits per heavy atom. The lowest BCUT2D eigenvalue weighted by Crippen LogP contribution is -2.29. The number of hydrogen-bond acceptors (Lipinski definition) is 6. The number of methoxy groups -OCH3 is 1. The molecule has 28 heavy (non-hydrogen) atoms. The number of fused-ring (bicyclic) bond motifs is 1. The van der Waals surface area contributed by atoms with Crippen LogP contribution in [0.4, 0.5) is 0 Å². The van der Waals surface area contributed by atoms with Crippen LogP contribution in [0.2, 0.25) is 5.02 Å². The van der Waals surface area contributed by atoms with Crippen molar-refractivity contribution in [1.29, 1.82) is 0 Å². The van der Waals surface area contributed by atoms with Crippen molar-refractivity contribution in [3.63, 3.8) is 0 Å². The molecule has 0 spiro atoms. The Bertz CT molecular complexity index is 1090. The number of nitrogens with two attached hydrogens (primary N) is 1. The number of halogens is 1. The number of carbonyl (C=O) groups excluding carboxylic acids is 2. The first-order chi connectivity index (χ1) is 13.5. The summed E-state index contributed by atoms with van der Waals surface area (Å²) in [5, 5.41) is 5.01. The normalized spacial score (nSPS) is 11.3. The highest BCUT2D eigenvalue weighted by molar-refractivity contribution is 6.30. The smallest absolute Gasteiger partial charge is 0.278 e. The molecule has 2 aromatic carbocycles. The monoisotopic (exact) mass is 401 g/mol. The molecule has 144 valence electrons. The lowest BCUT2D eigenvalue weighted by molar-refractivity contribution is -0.123. The zero-order valence-electron chi connectivity index (χ0n) is 14.8. The summed E-state index contributed by atoms with van der Waals surface area (Å²) in [7, 11) is 1.53. The average Bonchev–Trinajstić information content (AvgIpc) is 2.70. The standard InChI is InChI=1S/C19H16ClN3O5/c1-26-14-6-7-16-11(8-14)9-15(18(21)25)19(28-16)23-22-17(24)10-27-13-4-2-12(20)3-5-13/h2-9H,10H2,1H3,(H2,21,25)(H,22,24). The van der Waals surface area contributed by atoms with E-state index in [4.69, 9.17) is 31.2 Å². The Hall–Kier alpha value is -3.52. The first-order valence-corrected chi connectivity index (χ1v) is 8.46. The molecule has 1 aromatic heterocycles. The van der Waals surface area contributed by atoms with Gasteiger partial charge in [-0.25, -0.2) is 5.43 Å². The highest BCUT2D eigenvalue weighted by Crippen LogP contribution is 2.20. The molecule has 0 saturated carbocycles. The van der Waals surface area contributed by atoms with Crippen molar-refractivity contribution in [3.05, 3.63) is 64.7 Å². The van der Waals surface area contributed by atoms with Crippen LogP contribution in [0, 0.1) is 0 Å². The number of carbonyl (C=O) groups is 2. The lowest BCUT2D eigenvalue weighted by atomic mass is 10.1. The Kier molecular flexibility index (Phi) is 5.81. The van der Waals surface area contributed by atoms with E-state index in [9.17, 15) is 9.59 Å². The van der Waals surface area contributed by atoms with Crippen LogP contribution in [-0.4, -0.2) is 25.5 Å². The molecule has 8 nitrogen and oxygen atoms in total. The Balaban J connectivity index is 1.79. The fraction of sp³-hybridized carbons (Fsp3) is 0.105. The Labute approximate surface area is 164 Å². The number of nitrogens with one attached hydrogen (secondary N) is 1. The van der Waals surface area contributed by atoms with Gasteiger partial charge in [-0.2, -0.15) is 0 Å². The molecule has 3 N–H and O–H groups in total. The molecule has 3 rings (SSSR count). The number of benzene rings is 2. The molecular formula is C19H16ClN3O5. The van der Waals surface area contributed by atoms with Crippen molar-refractivity contribution in [1.82, 2.24) is 5.43 Å². The third kappa shape index (κ3) is 4.60. The van der Waals surface area contributed by atoms with Gasteiger partial charge in [-0.15, -0.1) is 5.10 Å². The van der Waals surface area contributed by atoms with Crippen LogP contribution in [0.1, 0.15) is 10.4 Å². The fourth-order valence-corrected chi connectivity index (χ4v) is 2.45. The van der Waals surface area contributed by atoms with E-state index >= 15 is 0 Å². The number of nitrogens with zero attached hydrogens (tertiary/aromatic N) is 1. The van der Waals surface area contributed by atoms with Crippen LogP contribution in [0.25, 0.3) is 11.0 Å². The van der Waals surface area contributed by atoms with Crippen LogP contribution in [-0.2, 0) is 4.79 Å². The molecule has 0 atom stereocenters. The molecule has 0 unspecified atom stereocenters. The van der Waals surface area contributed by atoms with Crippen molar-refractivity contribution in [2.24, 2.45) is 10.8 Å². The van der Waals surface area contributed by atoms with Crippen LogP contribution in [0.5, 0.6) is 11.5 Å². The predicted molar refractivity (Wildman–Crippen MR) is 102 cm³/mol. The molecule has 0 aliphatic rings. The topological polar surface area (TPSA) is 116 Å². The maximum atomic E-state index is 12.0. The largest absolute Gasteiger partial charge is 0.497 e. The molecular weight excluding hydrogens is 386 g/mol. The number of amides is 2. The zero-order chi connectivity index (χ0) is 20.1. The average molecular weight is 402 g/mol. The number of primary amides is 1. The van der Waals surface area contributed by atoms with Gasteiger partial charge < -0.3 is 19.6 Å². The van der Waals surface area contributed by atoms with Gasteiger partial charge in [0.05, 0.1) is 7.11 Å². The van der Waals surface area contributed by atoms with Crippen LogP contribution >= 0.6 is 11.6 Å². The molecule has 0 fully saturated rings. The van der Waals surface area contributed by atoms with Gasteiger partial charge in [0.15, 0.2) is 6.61 Å². The van der Waals surface area contributed by atoms with Crippen LogP contribution in [0.15, 0.2) is 58.0 Å². The number of ether oxygens (including phenoxy) is 2. The zero-order valence-corrected chi connectivity index (χ0v) is 15.5. The number of hydrogen-bond donors (Lipinski definition) is 2. The highest BCUT2D eigenvalue weighted by Gasteiger charge is 2.11. The van der Waals surface area contributed by atoms with Crippen molar-refractivity contribution in [2.45, 2.75) is 0 Å². The molecule has 0 saturated heterocycles. The number of rotatable bonds is 6. The van der Waals surface area contributed by atoms with E-state index in [2.05, 4.69) is 10.5 Å². The summed E-state index contributed by atoms with van der Waals surface area (Å²) in [6, 6.07) is 13.1. The van der Waals surface area contributed by atoms with Gasteiger partial charge in [0.1, 0.15) is 22.6 Å². The maximum Gasteiger partial charge on any atom is 0.278 e. The molecule has 0 bridgehead atoms. The van der Waals surface area contributed by atoms with E-state index in [0.717, 1.165) is 0 Å². The van der Waals surface area contributed by atoms with E-state index in [1.54, 1.807) is 42.5 Å². The minimum atomic E-state index is -0.751. The van der Waals surface area contributed by atoms with Crippen molar-refractivity contribution >= 4 is 34.4 Å². The van der Waals surface area contributed by atoms with E-state index in [1.807, 2.05) is 0 Å². The van der Waals surface area contributed by atoms with Crippen LogP contribution < -0.4 is 26.2 Å². The van der Waals surface area contributed by atoms with E-state index < -0.39 is 11.8 Å². The SMILES string of the molecule is COc1ccc2oc(=NNC(=O)COc3ccc(Cl)cc3)c(C(N)=O)cc2c1. The second-order valence-corrected chi connectivity index (χ2v) is 6.06. The molecule has 3 aromatic rings. The van der Waals surface area contributed by atoms with Crippen molar-refractivity contribution in [3.8, 4) is 11.5 Å². The minimum Gasteiger partial charge on any atom is -0.497 e. The lowest BCUT2D eigenvalue weighted by Gasteiger charge is -2.06. The van der Waals surface area contributed by atoms with Gasteiger partial charge in [0, 0.05) is 10.4 Å². The summed E-state index contributed by atoms with van der Waals surface area (Å²) < 4.78 is 16.0. The molecule has 1 heterocycles. The van der Waals surface area contributed by atoms with Gasteiger partial charge >= 0.3 is 0 Å². The second kappa shape index (κ2) is 8.45. The summed E-state index contributed by atoms with van der Waals surface area (Å²) in [5.74, 6) is -0.230. The Morgan fingerprint density at radius 3 is 2.54 bits per heavy atom. The Morgan fingerprint density at radius 1 is 1.14 bits per heavy atom. The summed E-state index contributed by atoms with van der Waals surface area (Å²) >= 11 is 5.79. The molecule has 9 heteroatoms. The summed E-state index contributed by atoms with van der Waals surface area (Å²) in [5.41, 5.74) is 8.00. The maximum absolute atomic E-state index is 12.0. The van der Waals surface area contributed by atoms with E-state index in [0.29, 0.717) is 27.5 Å². The van der Waals surface area contributed by atoms with Gasteiger partial charge in [0.25, 0.3) is 11.8 Å². The predicted octanol–water partition coefficient (Wildman–Crippen LogP) is 2.20. The molecule has 2 amide bonds. The second-order valence-electron chi connectivity index (χ2n) is 5.62. The molecule has 0 aliphatic heterocycles. The van der Waals surface area contributed by atoms with Crippen molar-refractivity contribution in [2.75, 3.05) is 13.7 Å². The van der Waals surface area contributed by atoms with Crippen molar-refractivity contribution < 1.29 is 23.5 Å². The molecule has 0 radical (unpaired) electrons. The third-order valence-electron chi connectivity index (χ3n) is 3.69. The fourth-order valence-electron chi connectivity index (χ4n) is 2.32. The third-order valence-corrected chi connectivity index (χ3v) is 3.94.